The summed E-state index contributed by atoms with van der Waals surface area (Å²) in [5.41, 5.74) is 1.32. The van der Waals surface area contributed by atoms with E-state index < -0.39 is 0 Å². The first kappa shape index (κ1) is 14.1. The van der Waals surface area contributed by atoms with E-state index in [0.29, 0.717) is 11.9 Å². The van der Waals surface area contributed by atoms with Crippen molar-refractivity contribution in [1.29, 1.82) is 0 Å². The van der Waals surface area contributed by atoms with Gasteiger partial charge < -0.3 is 10.2 Å². The molecule has 0 atom stereocenters. The van der Waals surface area contributed by atoms with Crippen LogP contribution in [0, 0.1) is 5.92 Å². The van der Waals surface area contributed by atoms with E-state index in [0.717, 1.165) is 32.5 Å². The molecule has 1 amide bonds. The van der Waals surface area contributed by atoms with Gasteiger partial charge in [-0.2, -0.15) is 0 Å². The van der Waals surface area contributed by atoms with Crippen molar-refractivity contribution >= 4 is 5.91 Å². The third-order valence-corrected chi connectivity index (χ3v) is 3.74. The molecule has 1 saturated heterocycles. The van der Waals surface area contributed by atoms with Crippen molar-refractivity contribution in [2.45, 2.75) is 39.3 Å². The zero-order valence-corrected chi connectivity index (χ0v) is 11.9. The molecule has 1 aromatic rings. The summed E-state index contributed by atoms with van der Waals surface area (Å²) in [6.45, 7) is 6.65. The number of hydrogen-bond donors (Lipinski definition) is 1. The molecule has 1 N–H and O–H groups in total. The summed E-state index contributed by atoms with van der Waals surface area (Å²) < 4.78 is 0. The Morgan fingerprint density at radius 3 is 2.47 bits per heavy atom. The summed E-state index contributed by atoms with van der Waals surface area (Å²) in [6, 6.07) is 11.0. The Morgan fingerprint density at radius 1 is 1.26 bits per heavy atom. The third-order valence-electron chi connectivity index (χ3n) is 3.74. The van der Waals surface area contributed by atoms with Crippen LogP contribution in [0.15, 0.2) is 30.3 Å². The van der Waals surface area contributed by atoms with Gasteiger partial charge in [0, 0.05) is 31.6 Å². The SMILES string of the molecule is CC(C)C(=O)N1CCC(NCc2ccccc2)CC1. The number of rotatable bonds is 4. The molecule has 2 rings (SSSR count). The van der Waals surface area contributed by atoms with E-state index >= 15 is 0 Å². The molecular weight excluding hydrogens is 236 g/mol. The van der Waals surface area contributed by atoms with Gasteiger partial charge in [-0.1, -0.05) is 44.2 Å². The number of nitrogens with zero attached hydrogens (tertiary/aromatic N) is 1. The van der Waals surface area contributed by atoms with E-state index in [1.54, 1.807) is 0 Å². The Balaban J connectivity index is 1.73. The van der Waals surface area contributed by atoms with Gasteiger partial charge in [0.2, 0.25) is 5.91 Å². The van der Waals surface area contributed by atoms with Gasteiger partial charge in [-0.05, 0) is 18.4 Å². The Labute approximate surface area is 116 Å². The van der Waals surface area contributed by atoms with Gasteiger partial charge in [-0.25, -0.2) is 0 Å². The number of likely N-dealkylation sites (tertiary alicyclic amines) is 1. The molecule has 3 nitrogen and oxygen atoms in total. The molecule has 1 fully saturated rings. The van der Waals surface area contributed by atoms with E-state index in [-0.39, 0.29) is 5.92 Å². The van der Waals surface area contributed by atoms with Gasteiger partial charge in [0.25, 0.3) is 0 Å². The van der Waals surface area contributed by atoms with Crippen LogP contribution in [0.1, 0.15) is 32.3 Å². The first-order valence-electron chi connectivity index (χ1n) is 7.23. The summed E-state index contributed by atoms with van der Waals surface area (Å²) in [4.78, 5) is 13.9. The van der Waals surface area contributed by atoms with Crippen LogP contribution >= 0.6 is 0 Å². The van der Waals surface area contributed by atoms with Gasteiger partial charge in [-0.3, -0.25) is 4.79 Å². The molecule has 1 aliphatic heterocycles. The topological polar surface area (TPSA) is 32.3 Å². The molecule has 0 radical (unpaired) electrons. The van der Waals surface area contributed by atoms with Crippen LogP contribution in [0.4, 0.5) is 0 Å². The summed E-state index contributed by atoms with van der Waals surface area (Å²) in [5.74, 6) is 0.412. The first-order chi connectivity index (χ1) is 9.16. The van der Waals surface area contributed by atoms with Gasteiger partial charge in [0.15, 0.2) is 0 Å². The lowest BCUT2D eigenvalue weighted by Gasteiger charge is -2.33. The lowest BCUT2D eigenvalue weighted by atomic mass is 10.0. The summed E-state index contributed by atoms with van der Waals surface area (Å²) in [5, 5.41) is 3.59. The smallest absolute Gasteiger partial charge is 0.225 e. The number of carbonyl (C=O) groups excluding carboxylic acids is 1. The Kier molecular flexibility index (Phi) is 4.97. The Morgan fingerprint density at radius 2 is 1.89 bits per heavy atom. The van der Waals surface area contributed by atoms with Crippen molar-refractivity contribution in [1.82, 2.24) is 10.2 Å². The highest BCUT2D eigenvalue weighted by Crippen LogP contribution is 2.13. The lowest BCUT2D eigenvalue weighted by Crippen LogP contribution is -2.45. The second kappa shape index (κ2) is 6.71. The molecule has 19 heavy (non-hydrogen) atoms. The molecule has 0 unspecified atom stereocenters. The fourth-order valence-electron chi connectivity index (χ4n) is 2.53. The highest BCUT2D eigenvalue weighted by Gasteiger charge is 2.23. The molecule has 3 heteroatoms. The summed E-state index contributed by atoms with van der Waals surface area (Å²) in [7, 11) is 0. The zero-order valence-electron chi connectivity index (χ0n) is 11.9. The molecule has 0 aliphatic carbocycles. The number of amides is 1. The quantitative estimate of drug-likeness (QED) is 0.901. The van der Waals surface area contributed by atoms with Crippen LogP contribution in [0.5, 0.6) is 0 Å². The predicted molar refractivity (Wildman–Crippen MR) is 77.7 cm³/mol. The minimum absolute atomic E-state index is 0.119. The number of piperidine rings is 1. The molecule has 1 aliphatic rings. The van der Waals surface area contributed by atoms with Crippen LogP contribution in [0.3, 0.4) is 0 Å². The highest BCUT2D eigenvalue weighted by atomic mass is 16.2. The molecule has 0 aromatic heterocycles. The van der Waals surface area contributed by atoms with Gasteiger partial charge in [0.1, 0.15) is 0 Å². The monoisotopic (exact) mass is 260 g/mol. The Hall–Kier alpha value is -1.35. The van der Waals surface area contributed by atoms with Crippen molar-refractivity contribution in [3.05, 3.63) is 35.9 Å². The van der Waals surface area contributed by atoms with Crippen LogP contribution < -0.4 is 5.32 Å². The van der Waals surface area contributed by atoms with E-state index in [1.165, 1.54) is 5.56 Å². The second-order valence-electron chi connectivity index (χ2n) is 5.62. The van der Waals surface area contributed by atoms with E-state index in [4.69, 9.17) is 0 Å². The average molecular weight is 260 g/mol. The number of hydrogen-bond acceptors (Lipinski definition) is 2. The number of nitrogens with one attached hydrogen (secondary N) is 1. The van der Waals surface area contributed by atoms with Crippen molar-refractivity contribution < 1.29 is 4.79 Å². The predicted octanol–water partition coefficient (Wildman–Crippen LogP) is 2.42. The maximum absolute atomic E-state index is 11.9. The lowest BCUT2D eigenvalue weighted by molar-refractivity contribution is -0.135. The van der Waals surface area contributed by atoms with Crippen LogP contribution in [-0.2, 0) is 11.3 Å². The molecule has 0 bridgehead atoms. The highest BCUT2D eigenvalue weighted by molar-refractivity contribution is 5.78. The third kappa shape index (κ3) is 4.06. The Bertz CT molecular complexity index is 394. The van der Waals surface area contributed by atoms with Gasteiger partial charge >= 0.3 is 0 Å². The van der Waals surface area contributed by atoms with E-state index in [9.17, 15) is 4.79 Å². The molecule has 1 aromatic carbocycles. The zero-order chi connectivity index (χ0) is 13.7. The number of benzene rings is 1. The van der Waals surface area contributed by atoms with Crippen molar-refractivity contribution in [2.24, 2.45) is 5.92 Å². The van der Waals surface area contributed by atoms with Crippen LogP contribution in [-0.4, -0.2) is 29.9 Å². The minimum atomic E-state index is 0.119. The normalized spacial score (nSPS) is 16.9. The van der Waals surface area contributed by atoms with Crippen molar-refractivity contribution in [2.75, 3.05) is 13.1 Å². The largest absolute Gasteiger partial charge is 0.342 e. The van der Waals surface area contributed by atoms with Gasteiger partial charge in [0.05, 0.1) is 0 Å². The number of carbonyl (C=O) groups is 1. The van der Waals surface area contributed by atoms with Crippen molar-refractivity contribution in [3.63, 3.8) is 0 Å². The summed E-state index contributed by atoms with van der Waals surface area (Å²) >= 11 is 0. The van der Waals surface area contributed by atoms with E-state index in [2.05, 4.69) is 29.6 Å². The summed E-state index contributed by atoms with van der Waals surface area (Å²) in [6.07, 6.45) is 2.12. The van der Waals surface area contributed by atoms with Crippen molar-refractivity contribution in [3.8, 4) is 0 Å². The van der Waals surface area contributed by atoms with Crippen LogP contribution in [0.25, 0.3) is 0 Å². The van der Waals surface area contributed by atoms with Gasteiger partial charge in [-0.15, -0.1) is 0 Å². The van der Waals surface area contributed by atoms with Crippen LogP contribution in [0.2, 0.25) is 0 Å². The minimum Gasteiger partial charge on any atom is -0.342 e. The maximum Gasteiger partial charge on any atom is 0.225 e. The molecule has 0 spiro atoms. The van der Waals surface area contributed by atoms with E-state index in [1.807, 2.05) is 24.8 Å². The maximum atomic E-state index is 11.9. The second-order valence-corrected chi connectivity index (χ2v) is 5.62. The first-order valence-corrected chi connectivity index (χ1v) is 7.23. The fourth-order valence-corrected chi connectivity index (χ4v) is 2.53. The molecule has 1 heterocycles. The average Bonchev–Trinajstić information content (AvgIpc) is 2.46. The molecular formula is C16H24N2O. The molecule has 104 valence electrons. The molecule has 0 saturated carbocycles. The standard InChI is InChI=1S/C16H24N2O/c1-13(2)16(19)18-10-8-15(9-11-18)17-12-14-6-4-3-5-7-14/h3-7,13,15,17H,8-12H2,1-2H3. The fraction of sp³-hybridized carbons (Fsp3) is 0.562.